The summed E-state index contributed by atoms with van der Waals surface area (Å²) in [4.78, 5) is 22.1. The van der Waals surface area contributed by atoms with Crippen molar-refractivity contribution in [3.8, 4) is 5.75 Å². The molecule has 1 amide bonds. The average Bonchev–Trinajstić information content (AvgIpc) is 2.25. The number of primary amides is 1. The number of anilines is 1. The first-order valence-electron chi connectivity index (χ1n) is 4.79. The van der Waals surface area contributed by atoms with Crippen LogP contribution in [0.1, 0.15) is 23.2 Å². The van der Waals surface area contributed by atoms with E-state index in [-0.39, 0.29) is 18.6 Å². The highest BCUT2D eigenvalue weighted by Crippen LogP contribution is 2.22. The minimum absolute atomic E-state index is 0.0464. The summed E-state index contributed by atoms with van der Waals surface area (Å²) in [5, 5.41) is 0. The first-order valence-corrected chi connectivity index (χ1v) is 4.79. The molecule has 0 radical (unpaired) electrons. The number of amides is 1. The normalized spacial score (nSPS) is 9.81. The van der Waals surface area contributed by atoms with Gasteiger partial charge in [0.1, 0.15) is 5.75 Å². The van der Waals surface area contributed by atoms with E-state index >= 15 is 0 Å². The number of carbonyl (C=O) groups excluding carboxylic acids is 2. The quantitative estimate of drug-likeness (QED) is 0.567. The molecular weight excluding hydrogens is 208 g/mol. The number of hydrogen-bond donors (Lipinski definition) is 2. The van der Waals surface area contributed by atoms with E-state index in [1.165, 1.54) is 13.2 Å². The molecule has 0 fully saturated rings. The van der Waals surface area contributed by atoms with Gasteiger partial charge in [0, 0.05) is 18.4 Å². The minimum atomic E-state index is -0.491. The fourth-order valence-electron chi connectivity index (χ4n) is 1.29. The topological polar surface area (TPSA) is 95.4 Å². The molecule has 0 unspecified atom stereocenters. The number of nitrogen functional groups attached to an aromatic ring is 1. The number of methoxy groups -OCH3 is 1. The number of ether oxygens (including phenoxy) is 1. The van der Waals surface area contributed by atoms with Gasteiger partial charge in [0.15, 0.2) is 5.78 Å². The third-order valence-electron chi connectivity index (χ3n) is 2.15. The Labute approximate surface area is 93.4 Å². The molecule has 86 valence electrons. The summed E-state index contributed by atoms with van der Waals surface area (Å²) >= 11 is 0. The van der Waals surface area contributed by atoms with E-state index in [1.807, 2.05) is 0 Å². The van der Waals surface area contributed by atoms with Crippen molar-refractivity contribution in [2.45, 2.75) is 12.8 Å². The lowest BCUT2D eigenvalue weighted by Gasteiger charge is -2.06. The van der Waals surface area contributed by atoms with Gasteiger partial charge < -0.3 is 16.2 Å². The molecule has 0 saturated carbocycles. The molecule has 16 heavy (non-hydrogen) atoms. The second kappa shape index (κ2) is 5.16. The smallest absolute Gasteiger partial charge is 0.217 e. The van der Waals surface area contributed by atoms with Gasteiger partial charge in [0.2, 0.25) is 5.91 Å². The molecule has 0 aromatic heterocycles. The number of nitrogens with two attached hydrogens (primary N) is 2. The van der Waals surface area contributed by atoms with Crippen LogP contribution in [0.25, 0.3) is 0 Å². The summed E-state index contributed by atoms with van der Waals surface area (Å²) in [7, 11) is 1.50. The van der Waals surface area contributed by atoms with E-state index < -0.39 is 5.91 Å². The number of Topliss-reactive ketones (excluding diaryl/α,β-unsaturated/α-hetero) is 1. The van der Waals surface area contributed by atoms with Crippen molar-refractivity contribution in [2.75, 3.05) is 12.8 Å². The highest BCUT2D eigenvalue weighted by Gasteiger charge is 2.09. The van der Waals surface area contributed by atoms with Crippen molar-refractivity contribution in [1.82, 2.24) is 0 Å². The van der Waals surface area contributed by atoms with E-state index in [4.69, 9.17) is 16.2 Å². The molecule has 0 saturated heterocycles. The van der Waals surface area contributed by atoms with Gasteiger partial charge in [0.25, 0.3) is 0 Å². The average molecular weight is 222 g/mol. The summed E-state index contributed by atoms with van der Waals surface area (Å²) in [6, 6.07) is 4.76. The maximum atomic E-state index is 11.6. The van der Waals surface area contributed by atoms with Gasteiger partial charge in [-0.05, 0) is 18.2 Å². The van der Waals surface area contributed by atoms with Gasteiger partial charge in [-0.3, -0.25) is 9.59 Å². The van der Waals surface area contributed by atoms with Crippen LogP contribution in [0.2, 0.25) is 0 Å². The van der Waals surface area contributed by atoms with Gasteiger partial charge in [-0.15, -0.1) is 0 Å². The lowest BCUT2D eigenvalue weighted by atomic mass is 10.1. The van der Waals surface area contributed by atoms with Gasteiger partial charge in [0.05, 0.1) is 12.8 Å². The predicted octanol–water partition coefficient (Wildman–Crippen LogP) is 0.726. The van der Waals surface area contributed by atoms with Gasteiger partial charge in [-0.25, -0.2) is 0 Å². The molecule has 5 nitrogen and oxygen atoms in total. The van der Waals surface area contributed by atoms with Crippen molar-refractivity contribution < 1.29 is 14.3 Å². The van der Waals surface area contributed by atoms with Crippen molar-refractivity contribution in [1.29, 1.82) is 0 Å². The number of carbonyl (C=O) groups is 2. The Morgan fingerprint density at radius 1 is 1.31 bits per heavy atom. The van der Waals surface area contributed by atoms with Crippen LogP contribution >= 0.6 is 0 Å². The number of rotatable bonds is 5. The Morgan fingerprint density at radius 3 is 2.50 bits per heavy atom. The van der Waals surface area contributed by atoms with E-state index in [1.54, 1.807) is 12.1 Å². The third kappa shape index (κ3) is 2.98. The molecule has 0 aliphatic rings. The van der Waals surface area contributed by atoms with E-state index in [0.717, 1.165) is 0 Å². The highest BCUT2D eigenvalue weighted by molar-refractivity contribution is 5.98. The van der Waals surface area contributed by atoms with Gasteiger partial charge in [-0.2, -0.15) is 0 Å². The van der Waals surface area contributed by atoms with Crippen LogP contribution in [0.3, 0.4) is 0 Å². The first kappa shape index (κ1) is 12.0. The fourth-order valence-corrected chi connectivity index (χ4v) is 1.29. The van der Waals surface area contributed by atoms with E-state index in [0.29, 0.717) is 17.0 Å². The van der Waals surface area contributed by atoms with Crippen LogP contribution in [0.15, 0.2) is 18.2 Å². The van der Waals surface area contributed by atoms with Crippen LogP contribution in [-0.4, -0.2) is 18.8 Å². The molecule has 4 N–H and O–H groups in total. The summed E-state index contributed by atoms with van der Waals surface area (Å²) < 4.78 is 4.97. The molecule has 0 bridgehead atoms. The van der Waals surface area contributed by atoms with Crippen LogP contribution in [0.4, 0.5) is 5.69 Å². The largest absolute Gasteiger partial charge is 0.495 e. The zero-order chi connectivity index (χ0) is 12.1. The molecule has 0 heterocycles. The maximum absolute atomic E-state index is 11.6. The number of benzene rings is 1. The van der Waals surface area contributed by atoms with Crippen molar-refractivity contribution in [3.63, 3.8) is 0 Å². The number of hydrogen-bond acceptors (Lipinski definition) is 4. The van der Waals surface area contributed by atoms with Crippen molar-refractivity contribution in [2.24, 2.45) is 5.73 Å². The molecule has 1 aromatic rings. The van der Waals surface area contributed by atoms with Crippen molar-refractivity contribution in [3.05, 3.63) is 23.8 Å². The Kier molecular flexibility index (Phi) is 3.88. The van der Waals surface area contributed by atoms with E-state index in [9.17, 15) is 9.59 Å². The van der Waals surface area contributed by atoms with Crippen LogP contribution < -0.4 is 16.2 Å². The van der Waals surface area contributed by atoms with Gasteiger partial charge in [-0.1, -0.05) is 0 Å². The predicted molar refractivity (Wildman–Crippen MR) is 60.2 cm³/mol. The third-order valence-corrected chi connectivity index (χ3v) is 2.15. The zero-order valence-corrected chi connectivity index (χ0v) is 9.03. The van der Waals surface area contributed by atoms with Crippen molar-refractivity contribution >= 4 is 17.4 Å². The molecule has 1 aromatic carbocycles. The Bertz CT molecular complexity index is 416. The lowest BCUT2D eigenvalue weighted by Crippen LogP contribution is -2.12. The number of ketones is 1. The Morgan fingerprint density at radius 2 is 2.00 bits per heavy atom. The molecule has 1 rings (SSSR count). The van der Waals surface area contributed by atoms with Crippen LogP contribution in [0, 0.1) is 0 Å². The van der Waals surface area contributed by atoms with Crippen LogP contribution in [0.5, 0.6) is 5.75 Å². The summed E-state index contributed by atoms with van der Waals surface area (Å²) in [6.45, 7) is 0. The minimum Gasteiger partial charge on any atom is -0.495 e. The molecule has 0 spiro atoms. The lowest BCUT2D eigenvalue weighted by molar-refractivity contribution is -0.118. The van der Waals surface area contributed by atoms with E-state index in [2.05, 4.69) is 0 Å². The SMILES string of the molecule is COc1ccc(C(=O)CCC(N)=O)cc1N. The Balaban J connectivity index is 2.77. The van der Waals surface area contributed by atoms with Crippen LogP contribution in [-0.2, 0) is 4.79 Å². The molecule has 0 aliphatic heterocycles. The summed E-state index contributed by atoms with van der Waals surface area (Å²) in [5.74, 6) is -0.130. The Hall–Kier alpha value is -2.04. The highest BCUT2D eigenvalue weighted by atomic mass is 16.5. The zero-order valence-electron chi connectivity index (χ0n) is 9.03. The second-order valence-corrected chi connectivity index (χ2v) is 3.35. The molecule has 0 aliphatic carbocycles. The summed E-state index contributed by atoms with van der Waals surface area (Å²) in [6.07, 6.45) is 0.145. The maximum Gasteiger partial charge on any atom is 0.217 e. The standard InChI is InChI=1S/C11H14N2O3/c1-16-10-4-2-7(6-8(10)12)9(14)3-5-11(13)15/h2,4,6H,3,5,12H2,1H3,(H2,13,15). The second-order valence-electron chi connectivity index (χ2n) is 3.35. The fraction of sp³-hybridized carbons (Fsp3) is 0.273. The molecule has 0 atom stereocenters. The van der Waals surface area contributed by atoms with Gasteiger partial charge >= 0.3 is 0 Å². The first-order chi connectivity index (χ1) is 7.54. The summed E-state index contributed by atoms with van der Waals surface area (Å²) in [5.41, 5.74) is 11.5. The molecular formula is C11H14N2O3. The molecule has 5 heteroatoms. The monoisotopic (exact) mass is 222 g/mol.